The molecule has 15 heteroatoms. The third kappa shape index (κ3) is 9.70. The van der Waals surface area contributed by atoms with Crippen molar-refractivity contribution in [3.8, 4) is 45.4 Å². The van der Waals surface area contributed by atoms with E-state index < -0.39 is 11.7 Å². The van der Waals surface area contributed by atoms with E-state index in [2.05, 4.69) is 20.6 Å². The molecule has 2 aliphatic rings. The summed E-state index contributed by atoms with van der Waals surface area (Å²) in [5.74, 6) is 1.20. The van der Waals surface area contributed by atoms with E-state index in [9.17, 15) is 14.4 Å². The molecule has 2 atom stereocenters. The molecule has 2 aromatic carbocycles. The summed E-state index contributed by atoms with van der Waals surface area (Å²) in [5, 5.41) is 7.11. The molecule has 4 aromatic rings. The van der Waals surface area contributed by atoms with E-state index in [-0.39, 0.29) is 30.9 Å². The number of nitrogens with zero attached hydrogens (tertiary/aromatic N) is 5. The highest BCUT2D eigenvalue weighted by Gasteiger charge is 2.30. The molecule has 13 nitrogen and oxygen atoms in total. The number of hydrogen-bond donors (Lipinski definition) is 2. The van der Waals surface area contributed by atoms with Gasteiger partial charge in [-0.1, -0.05) is 59.6 Å². The molecule has 290 valence electrons. The van der Waals surface area contributed by atoms with Crippen molar-refractivity contribution in [1.82, 2.24) is 35.5 Å². The number of methoxy groups -OCH3 is 2. The van der Waals surface area contributed by atoms with Crippen LogP contribution in [0, 0.1) is 5.92 Å². The van der Waals surface area contributed by atoms with Crippen molar-refractivity contribution in [3.63, 3.8) is 0 Å². The van der Waals surface area contributed by atoms with Crippen LogP contribution in [0.25, 0.3) is 33.6 Å². The van der Waals surface area contributed by atoms with E-state index in [1.807, 2.05) is 36.4 Å². The van der Waals surface area contributed by atoms with Crippen molar-refractivity contribution in [2.45, 2.75) is 77.6 Å². The number of ketones is 1. The number of benzene rings is 2. The number of rotatable bonds is 13. The Hall–Kier alpha value is -4.85. The maximum absolute atomic E-state index is 13.3. The molecule has 2 N–H and O–H groups in total. The number of hydrogen-bond acceptors (Lipinski definition) is 11. The number of aromatic nitrogens is 4. The Labute approximate surface area is 330 Å². The Bertz CT molecular complexity index is 2070. The van der Waals surface area contributed by atoms with E-state index in [1.165, 1.54) is 12.0 Å². The molecule has 0 spiro atoms. The number of Topliss-reactive ketones (excluding diaryl/α,β-unsaturated/α-hetero) is 1. The molecular weight excluding hydrogens is 745 g/mol. The summed E-state index contributed by atoms with van der Waals surface area (Å²) in [4.78, 5) is 57.1. The topological polar surface area (TPSA) is 158 Å². The number of carbonyl (C=O) groups is 3. The van der Waals surface area contributed by atoms with Crippen LogP contribution in [0.5, 0.6) is 11.8 Å². The highest BCUT2D eigenvalue weighted by Crippen LogP contribution is 2.42. The second-order valence-corrected chi connectivity index (χ2v) is 15.5. The first-order chi connectivity index (χ1) is 26.3. The molecule has 2 fully saturated rings. The quantitative estimate of drug-likeness (QED) is 0.143. The summed E-state index contributed by atoms with van der Waals surface area (Å²) in [7, 11) is 3.03. The largest absolute Gasteiger partial charge is 0.480 e. The fourth-order valence-electron chi connectivity index (χ4n) is 6.74. The third-order valence-electron chi connectivity index (χ3n) is 9.44. The average molecular weight is 791 g/mol. The Morgan fingerprint density at radius 1 is 0.873 bits per heavy atom. The summed E-state index contributed by atoms with van der Waals surface area (Å²) in [6, 6.07) is 11.0. The van der Waals surface area contributed by atoms with Crippen LogP contribution in [0.15, 0.2) is 48.8 Å². The third-order valence-corrected chi connectivity index (χ3v) is 10.3. The van der Waals surface area contributed by atoms with Gasteiger partial charge in [0.05, 0.1) is 54.6 Å². The average Bonchev–Trinajstić information content (AvgIpc) is 3.77. The van der Waals surface area contributed by atoms with E-state index in [0.717, 1.165) is 13.0 Å². The van der Waals surface area contributed by atoms with Gasteiger partial charge in [0.15, 0.2) is 0 Å². The second kappa shape index (κ2) is 17.3. The molecule has 2 amide bonds. The first kappa shape index (κ1) is 39.8. The zero-order chi connectivity index (χ0) is 39.3. The lowest BCUT2D eigenvalue weighted by Crippen LogP contribution is -2.44. The van der Waals surface area contributed by atoms with Crippen LogP contribution in [0.4, 0.5) is 4.79 Å². The molecule has 0 unspecified atom stereocenters. The van der Waals surface area contributed by atoms with Crippen molar-refractivity contribution in [3.05, 3.63) is 70.2 Å². The van der Waals surface area contributed by atoms with Gasteiger partial charge in [0.25, 0.3) is 0 Å². The number of nitrogens with one attached hydrogen (secondary N) is 2. The van der Waals surface area contributed by atoms with Crippen LogP contribution in [0.2, 0.25) is 10.0 Å². The molecule has 3 heterocycles. The Morgan fingerprint density at radius 2 is 1.45 bits per heavy atom. The zero-order valence-electron chi connectivity index (χ0n) is 31.6. The minimum Gasteiger partial charge on any atom is -0.480 e. The Kier molecular flexibility index (Phi) is 12.5. The van der Waals surface area contributed by atoms with Crippen LogP contribution in [-0.4, -0.2) is 81.6 Å². The lowest BCUT2D eigenvalue weighted by Gasteiger charge is -2.29. The van der Waals surface area contributed by atoms with Crippen molar-refractivity contribution in [2.24, 2.45) is 5.92 Å². The molecule has 2 aromatic heterocycles. The number of halogens is 2. The molecule has 55 heavy (non-hydrogen) atoms. The SMILES string of the molecule is COc1nc(-c2cccc(-c3cccc(-c4cnc(CN(C[C@@H]5CCC(=O)N5)C(=O)OC(C)(C)C)c(OC)n4)c3Cl)c2Cl)cnc1CNC[C@@H]1CCC(=O)C1. The second-order valence-electron chi connectivity index (χ2n) is 14.7. The molecule has 1 saturated heterocycles. The van der Waals surface area contributed by atoms with Gasteiger partial charge in [0.2, 0.25) is 17.7 Å². The summed E-state index contributed by atoms with van der Waals surface area (Å²) in [5.41, 5.74) is 3.90. The number of amides is 2. The number of ether oxygens (including phenoxy) is 3. The van der Waals surface area contributed by atoms with Gasteiger partial charge in [-0.2, -0.15) is 0 Å². The fraction of sp³-hybridized carbons (Fsp3) is 0.425. The van der Waals surface area contributed by atoms with Crippen molar-refractivity contribution in [1.29, 1.82) is 0 Å². The summed E-state index contributed by atoms with van der Waals surface area (Å²) in [6.45, 7) is 6.85. The van der Waals surface area contributed by atoms with Gasteiger partial charge in [0.1, 0.15) is 22.8 Å². The zero-order valence-corrected chi connectivity index (χ0v) is 33.1. The highest BCUT2D eigenvalue weighted by molar-refractivity contribution is 6.39. The number of carbonyl (C=O) groups excluding carboxylic acids is 3. The van der Waals surface area contributed by atoms with Gasteiger partial charge < -0.3 is 29.7 Å². The molecule has 1 aliphatic carbocycles. The van der Waals surface area contributed by atoms with Gasteiger partial charge in [-0.05, 0) is 46.1 Å². The van der Waals surface area contributed by atoms with Gasteiger partial charge in [-0.25, -0.2) is 14.8 Å². The molecule has 0 radical (unpaired) electrons. The van der Waals surface area contributed by atoms with Gasteiger partial charge >= 0.3 is 6.09 Å². The predicted octanol–water partition coefficient (Wildman–Crippen LogP) is 7.07. The maximum atomic E-state index is 13.3. The molecule has 1 saturated carbocycles. The molecule has 0 bridgehead atoms. The molecule has 6 rings (SSSR count). The van der Waals surface area contributed by atoms with Crippen LogP contribution < -0.4 is 20.1 Å². The van der Waals surface area contributed by atoms with Gasteiger partial charge in [-0.15, -0.1) is 0 Å². The van der Waals surface area contributed by atoms with Crippen molar-refractivity contribution in [2.75, 3.05) is 27.3 Å². The van der Waals surface area contributed by atoms with E-state index in [4.69, 9.17) is 47.4 Å². The Morgan fingerprint density at radius 3 is 1.98 bits per heavy atom. The van der Waals surface area contributed by atoms with E-state index >= 15 is 0 Å². The van der Waals surface area contributed by atoms with Crippen molar-refractivity contribution < 1.29 is 28.6 Å². The standard InChI is InChI=1S/C40H45Cl2N7O6/c1-40(2,3)55-39(52)49(21-24-13-15-34(51)46-24)22-33-38(54-5)48-31(20-45-33)29-11-7-9-27(36(29)42)26-8-6-10-28(35(26)41)30-19-44-32(37(47-30)53-4)18-43-17-23-12-14-25(50)16-23/h6-11,19-20,23-24,43H,12-18,21-22H2,1-5H3,(H,46,51)/t23-,24+/m1/s1. The lowest BCUT2D eigenvalue weighted by molar-refractivity contribution is -0.119. The highest BCUT2D eigenvalue weighted by atomic mass is 35.5. The van der Waals surface area contributed by atoms with Crippen LogP contribution in [0.3, 0.4) is 0 Å². The summed E-state index contributed by atoms with van der Waals surface area (Å²) >= 11 is 14.2. The Balaban J connectivity index is 1.24. The van der Waals surface area contributed by atoms with Crippen LogP contribution >= 0.6 is 23.2 Å². The van der Waals surface area contributed by atoms with Gasteiger partial charge in [0, 0.05) is 60.6 Å². The first-order valence-corrected chi connectivity index (χ1v) is 19.0. The van der Waals surface area contributed by atoms with Crippen LogP contribution in [0.1, 0.15) is 64.3 Å². The minimum atomic E-state index is -0.723. The fourth-order valence-corrected chi connectivity index (χ4v) is 7.39. The lowest BCUT2D eigenvalue weighted by atomic mass is 9.98. The van der Waals surface area contributed by atoms with E-state index in [1.54, 1.807) is 40.3 Å². The van der Waals surface area contributed by atoms with Crippen LogP contribution in [-0.2, 0) is 27.4 Å². The smallest absolute Gasteiger partial charge is 0.410 e. The van der Waals surface area contributed by atoms with Crippen molar-refractivity contribution >= 4 is 41.0 Å². The van der Waals surface area contributed by atoms with E-state index in [0.29, 0.717) is 105 Å². The summed E-state index contributed by atoms with van der Waals surface area (Å²) in [6.07, 6.45) is 5.89. The monoisotopic (exact) mass is 789 g/mol. The molecular formula is C40H45Cl2N7O6. The minimum absolute atomic E-state index is 0.0434. The summed E-state index contributed by atoms with van der Waals surface area (Å²) < 4.78 is 16.9. The predicted molar refractivity (Wildman–Crippen MR) is 209 cm³/mol. The maximum Gasteiger partial charge on any atom is 0.410 e. The first-order valence-electron chi connectivity index (χ1n) is 18.2. The molecule has 1 aliphatic heterocycles. The van der Waals surface area contributed by atoms with Gasteiger partial charge in [-0.3, -0.25) is 19.6 Å². The normalized spacial score (nSPS) is 16.9.